The lowest BCUT2D eigenvalue weighted by Crippen LogP contribution is -2.33. The van der Waals surface area contributed by atoms with Crippen molar-refractivity contribution in [3.05, 3.63) is 59.7 Å². The zero-order valence-electron chi connectivity index (χ0n) is 16.0. The lowest BCUT2D eigenvalue weighted by Gasteiger charge is -2.26. The number of hydrogen-bond donors (Lipinski definition) is 1. The Morgan fingerprint density at radius 3 is 1.76 bits per heavy atom. The zero-order valence-corrected chi connectivity index (χ0v) is 16.8. The second kappa shape index (κ2) is 9.67. The fourth-order valence-electron chi connectivity index (χ4n) is 2.58. The molecule has 0 aliphatic heterocycles. The van der Waals surface area contributed by atoms with Gasteiger partial charge in [-0.15, -0.1) is 11.6 Å². The van der Waals surface area contributed by atoms with Gasteiger partial charge < -0.3 is 14.6 Å². The molecule has 1 atom stereocenters. The van der Waals surface area contributed by atoms with E-state index in [-0.39, 0.29) is 18.2 Å². The zero-order chi connectivity index (χ0) is 21.7. The second-order valence-corrected chi connectivity index (χ2v) is 7.45. The first-order valence-electron chi connectivity index (χ1n) is 8.93. The summed E-state index contributed by atoms with van der Waals surface area (Å²) in [4.78, 5) is 0. The molecular weight excluding hydrogens is 412 g/mol. The molecule has 0 amide bonds. The molecule has 0 aliphatic carbocycles. The van der Waals surface area contributed by atoms with Crippen LogP contribution < -0.4 is 9.47 Å². The van der Waals surface area contributed by atoms with E-state index in [1.165, 1.54) is 12.1 Å². The Morgan fingerprint density at radius 2 is 1.34 bits per heavy atom. The third kappa shape index (κ3) is 6.24. The fourth-order valence-corrected chi connectivity index (χ4v) is 2.67. The Labute approximate surface area is 172 Å². The normalized spacial score (nSPS) is 13.4. The van der Waals surface area contributed by atoms with Gasteiger partial charge in [-0.2, -0.15) is 8.78 Å². The van der Waals surface area contributed by atoms with E-state index in [9.17, 15) is 22.7 Å². The molecule has 0 aliphatic rings. The molecular formula is C21H23ClF4O3. The second-order valence-electron chi connectivity index (χ2n) is 7.14. The Balaban J connectivity index is 2.05. The Hall–Kier alpha value is -1.99. The van der Waals surface area contributed by atoms with Crippen LogP contribution in [0.4, 0.5) is 17.6 Å². The summed E-state index contributed by atoms with van der Waals surface area (Å²) in [5.41, 5.74) is 1.44. The summed E-state index contributed by atoms with van der Waals surface area (Å²) in [6.07, 6.45) is -4.51. The van der Waals surface area contributed by atoms with Crippen LogP contribution in [0.3, 0.4) is 0 Å². The fraction of sp³-hybridized carbons (Fsp3) is 0.429. The summed E-state index contributed by atoms with van der Waals surface area (Å²) >= 11 is 5.53. The first-order chi connectivity index (χ1) is 13.6. The molecule has 0 saturated heterocycles. The first kappa shape index (κ1) is 23.3. The van der Waals surface area contributed by atoms with Crippen LogP contribution in [0, 0.1) is 0 Å². The average Bonchev–Trinajstić information content (AvgIpc) is 2.71. The molecule has 1 N–H and O–H groups in total. The molecule has 0 fully saturated rings. The molecule has 2 aromatic rings. The Kier molecular flexibility index (Phi) is 7.77. The van der Waals surface area contributed by atoms with Gasteiger partial charge in [-0.05, 0) is 35.4 Å². The van der Waals surface area contributed by atoms with Gasteiger partial charge in [-0.1, -0.05) is 38.1 Å². The van der Waals surface area contributed by atoms with E-state index in [1.54, 1.807) is 24.3 Å². The molecule has 2 rings (SSSR count). The van der Waals surface area contributed by atoms with Crippen molar-refractivity contribution >= 4 is 11.6 Å². The van der Waals surface area contributed by atoms with Gasteiger partial charge in [0.2, 0.25) is 0 Å². The molecule has 1 unspecified atom stereocenters. The molecule has 0 aromatic heterocycles. The van der Waals surface area contributed by atoms with Gasteiger partial charge >= 0.3 is 12.3 Å². The van der Waals surface area contributed by atoms with Crippen molar-refractivity contribution in [1.82, 2.24) is 0 Å². The minimum Gasteiger partial charge on any atom is -0.491 e. The van der Waals surface area contributed by atoms with Gasteiger partial charge in [-0.3, -0.25) is 0 Å². The van der Waals surface area contributed by atoms with Crippen LogP contribution in [0.2, 0.25) is 0 Å². The van der Waals surface area contributed by atoms with Crippen molar-refractivity contribution in [2.24, 2.45) is 0 Å². The van der Waals surface area contributed by atoms with Crippen molar-refractivity contribution in [2.75, 3.05) is 19.1 Å². The minimum absolute atomic E-state index is 0.0879. The minimum atomic E-state index is -4.19. The van der Waals surface area contributed by atoms with Crippen molar-refractivity contribution in [1.29, 1.82) is 0 Å². The number of rotatable bonds is 10. The SMILES string of the molecule is CC(C)(c1ccc(OCC(O)CCl)cc1)c1ccc(OCC(F)(F)C(F)F)cc1. The number of aliphatic hydroxyl groups is 1. The topological polar surface area (TPSA) is 38.7 Å². The van der Waals surface area contributed by atoms with Crippen molar-refractivity contribution in [3.63, 3.8) is 0 Å². The van der Waals surface area contributed by atoms with Gasteiger partial charge in [0.25, 0.3) is 0 Å². The molecule has 0 radical (unpaired) electrons. The van der Waals surface area contributed by atoms with Crippen molar-refractivity contribution < 1.29 is 32.1 Å². The molecule has 0 saturated carbocycles. The summed E-state index contributed by atoms with van der Waals surface area (Å²) in [6.45, 7) is 2.69. The van der Waals surface area contributed by atoms with Crippen molar-refractivity contribution in [2.45, 2.75) is 37.7 Å². The lowest BCUT2D eigenvalue weighted by molar-refractivity contribution is -0.148. The highest BCUT2D eigenvalue weighted by molar-refractivity contribution is 6.18. The molecule has 0 heterocycles. The van der Waals surface area contributed by atoms with Crippen molar-refractivity contribution in [3.8, 4) is 11.5 Å². The maximum atomic E-state index is 13.0. The maximum Gasteiger partial charge on any atom is 0.340 e. The predicted octanol–water partition coefficient (Wildman–Crippen LogP) is 5.27. The number of halogens is 5. The van der Waals surface area contributed by atoms with Crippen LogP contribution in [0.15, 0.2) is 48.5 Å². The monoisotopic (exact) mass is 434 g/mol. The first-order valence-corrected chi connectivity index (χ1v) is 9.46. The lowest BCUT2D eigenvalue weighted by atomic mass is 9.78. The number of hydrogen-bond acceptors (Lipinski definition) is 3. The summed E-state index contributed by atoms with van der Waals surface area (Å²) in [5.74, 6) is -3.42. The van der Waals surface area contributed by atoms with Gasteiger partial charge in [0, 0.05) is 5.41 Å². The van der Waals surface area contributed by atoms with Crippen LogP contribution >= 0.6 is 11.6 Å². The summed E-state index contributed by atoms with van der Waals surface area (Å²) in [5, 5.41) is 9.44. The van der Waals surface area contributed by atoms with Crippen LogP contribution in [0.25, 0.3) is 0 Å². The summed E-state index contributed by atoms with van der Waals surface area (Å²) in [7, 11) is 0. The highest BCUT2D eigenvalue weighted by atomic mass is 35.5. The highest BCUT2D eigenvalue weighted by Crippen LogP contribution is 2.33. The predicted molar refractivity (Wildman–Crippen MR) is 104 cm³/mol. The summed E-state index contributed by atoms with van der Waals surface area (Å²) < 4.78 is 60.6. The third-order valence-corrected chi connectivity index (χ3v) is 4.88. The molecule has 2 aromatic carbocycles. The smallest absolute Gasteiger partial charge is 0.340 e. The van der Waals surface area contributed by atoms with Gasteiger partial charge in [0.05, 0.1) is 5.88 Å². The maximum absolute atomic E-state index is 13.0. The summed E-state index contributed by atoms with van der Waals surface area (Å²) in [6, 6.07) is 13.7. The van der Waals surface area contributed by atoms with E-state index >= 15 is 0 Å². The average molecular weight is 435 g/mol. The van der Waals surface area contributed by atoms with E-state index in [2.05, 4.69) is 0 Å². The Bertz CT molecular complexity index is 765. The van der Waals surface area contributed by atoms with Crippen LogP contribution in [0.1, 0.15) is 25.0 Å². The van der Waals surface area contributed by atoms with Gasteiger partial charge in [-0.25, -0.2) is 8.78 Å². The Morgan fingerprint density at radius 1 is 0.897 bits per heavy atom. The highest BCUT2D eigenvalue weighted by Gasteiger charge is 2.41. The van der Waals surface area contributed by atoms with E-state index < -0.39 is 30.5 Å². The van der Waals surface area contributed by atoms with E-state index in [0.29, 0.717) is 5.75 Å². The molecule has 0 bridgehead atoms. The third-order valence-electron chi connectivity index (χ3n) is 4.52. The van der Waals surface area contributed by atoms with Gasteiger partial charge in [0.1, 0.15) is 24.2 Å². The molecule has 8 heteroatoms. The number of aliphatic hydroxyl groups excluding tert-OH is 1. The van der Waals surface area contributed by atoms with E-state index in [4.69, 9.17) is 21.1 Å². The van der Waals surface area contributed by atoms with Crippen LogP contribution in [0.5, 0.6) is 11.5 Å². The molecule has 3 nitrogen and oxygen atoms in total. The quantitative estimate of drug-likeness (QED) is 0.409. The standard InChI is InChI=1S/C21H23ClF4O3/c1-20(2,14-3-7-17(8-4-14)28-12-16(27)11-22)15-5-9-18(10-6-15)29-13-21(25,26)19(23)24/h3-10,16,19,27H,11-13H2,1-2H3. The van der Waals surface area contributed by atoms with E-state index in [0.717, 1.165) is 11.1 Å². The number of benzene rings is 2. The van der Waals surface area contributed by atoms with E-state index in [1.807, 2.05) is 26.0 Å². The molecule has 29 heavy (non-hydrogen) atoms. The number of alkyl halides is 5. The molecule has 0 spiro atoms. The van der Waals surface area contributed by atoms with Crippen LogP contribution in [-0.4, -0.2) is 42.7 Å². The molecule has 160 valence electrons. The van der Waals surface area contributed by atoms with Crippen LogP contribution in [-0.2, 0) is 5.41 Å². The largest absolute Gasteiger partial charge is 0.491 e. The van der Waals surface area contributed by atoms with Gasteiger partial charge in [0.15, 0.2) is 6.61 Å². The number of ether oxygens (including phenoxy) is 2.